The molecule has 0 amide bonds. The minimum Gasteiger partial charge on any atom is -0.465 e. The maximum atomic E-state index is 11.5. The van der Waals surface area contributed by atoms with Crippen LogP contribution < -0.4 is 5.32 Å². The summed E-state index contributed by atoms with van der Waals surface area (Å²) in [6.07, 6.45) is 0. The third-order valence-corrected chi connectivity index (χ3v) is 2.98. The smallest absolute Gasteiger partial charge is 0.337 e. The van der Waals surface area contributed by atoms with E-state index in [1.807, 2.05) is 37.3 Å². The van der Waals surface area contributed by atoms with Gasteiger partial charge < -0.3 is 10.1 Å². The van der Waals surface area contributed by atoms with Gasteiger partial charge in [-0.25, -0.2) is 4.79 Å². The Kier molecular flexibility index (Phi) is 4.18. The summed E-state index contributed by atoms with van der Waals surface area (Å²) in [5.74, 6) is -0.317. The standard InChI is InChI=1S/C16H17NO2/c1-12-8-9-14(16(18)19-2)10-15(12)17-11-13-6-4-3-5-7-13/h3-10,17H,11H2,1-2H3. The molecule has 0 aromatic heterocycles. The monoisotopic (exact) mass is 255 g/mol. The molecule has 0 unspecified atom stereocenters. The number of carbonyl (C=O) groups excluding carboxylic acids is 1. The van der Waals surface area contributed by atoms with Gasteiger partial charge in [-0.3, -0.25) is 0 Å². The van der Waals surface area contributed by atoms with Crippen molar-refractivity contribution in [2.24, 2.45) is 0 Å². The van der Waals surface area contributed by atoms with E-state index in [2.05, 4.69) is 17.4 Å². The molecule has 0 spiro atoms. The van der Waals surface area contributed by atoms with Gasteiger partial charge in [0, 0.05) is 12.2 Å². The molecule has 0 aliphatic carbocycles. The summed E-state index contributed by atoms with van der Waals surface area (Å²) in [7, 11) is 1.39. The lowest BCUT2D eigenvalue weighted by Crippen LogP contribution is -2.05. The Bertz CT molecular complexity index is 564. The molecule has 2 aromatic rings. The van der Waals surface area contributed by atoms with E-state index in [-0.39, 0.29) is 5.97 Å². The number of methoxy groups -OCH3 is 1. The average Bonchev–Trinajstić information content (AvgIpc) is 2.46. The zero-order valence-electron chi connectivity index (χ0n) is 11.1. The van der Waals surface area contributed by atoms with Crippen LogP contribution in [-0.2, 0) is 11.3 Å². The van der Waals surface area contributed by atoms with Crippen LogP contribution in [0.5, 0.6) is 0 Å². The van der Waals surface area contributed by atoms with Crippen molar-refractivity contribution < 1.29 is 9.53 Å². The van der Waals surface area contributed by atoms with E-state index in [0.717, 1.165) is 17.8 Å². The molecule has 0 saturated heterocycles. The first-order valence-electron chi connectivity index (χ1n) is 6.17. The van der Waals surface area contributed by atoms with E-state index in [4.69, 9.17) is 4.74 Å². The number of nitrogens with one attached hydrogen (secondary N) is 1. The van der Waals surface area contributed by atoms with Gasteiger partial charge in [0.15, 0.2) is 0 Å². The van der Waals surface area contributed by atoms with Crippen LogP contribution in [0.25, 0.3) is 0 Å². The zero-order valence-corrected chi connectivity index (χ0v) is 11.1. The number of aryl methyl sites for hydroxylation is 1. The van der Waals surface area contributed by atoms with Crippen molar-refractivity contribution in [3.8, 4) is 0 Å². The molecule has 2 rings (SSSR count). The van der Waals surface area contributed by atoms with E-state index in [0.29, 0.717) is 5.56 Å². The number of hydrogen-bond donors (Lipinski definition) is 1. The van der Waals surface area contributed by atoms with E-state index >= 15 is 0 Å². The summed E-state index contributed by atoms with van der Waals surface area (Å²) >= 11 is 0. The van der Waals surface area contributed by atoms with Crippen molar-refractivity contribution in [3.63, 3.8) is 0 Å². The van der Waals surface area contributed by atoms with Gasteiger partial charge in [0.05, 0.1) is 12.7 Å². The first kappa shape index (κ1) is 13.1. The molecular weight excluding hydrogens is 238 g/mol. The minimum absolute atomic E-state index is 0.317. The molecule has 0 bridgehead atoms. The summed E-state index contributed by atoms with van der Waals surface area (Å²) in [6.45, 7) is 2.74. The Labute approximate surface area is 113 Å². The molecule has 0 atom stereocenters. The summed E-state index contributed by atoms with van der Waals surface area (Å²) in [5.41, 5.74) is 3.81. The number of carbonyl (C=O) groups is 1. The lowest BCUT2D eigenvalue weighted by Gasteiger charge is -2.11. The first-order chi connectivity index (χ1) is 9.20. The average molecular weight is 255 g/mol. The Morgan fingerprint density at radius 3 is 2.58 bits per heavy atom. The maximum Gasteiger partial charge on any atom is 0.337 e. The minimum atomic E-state index is -0.317. The number of esters is 1. The van der Waals surface area contributed by atoms with E-state index in [1.54, 1.807) is 6.07 Å². The number of benzene rings is 2. The molecule has 2 aromatic carbocycles. The van der Waals surface area contributed by atoms with Gasteiger partial charge in [-0.05, 0) is 30.2 Å². The second kappa shape index (κ2) is 6.05. The van der Waals surface area contributed by atoms with Gasteiger partial charge in [0.1, 0.15) is 0 Å². The second-order valence-corrected chi connectivity index (χ2v) is 4.36. The molecule has 1 N–H and O–H groups in total. The van der Waals surface area contributed by atoms with Crippen LogP contribution in [0.15, 0.2) is 48.5 Å². The normalized spacial score (nSPS) is 10.0. The molecule has 0 aliphatic rings. The molecule has 0 saturated carbocycles. The number of rotatable bonds is 4. The largest absolute Gasteiger partial charge is 0.465 e. The summed E-state index contributed by atoms with van der Waals surface area (Å²) in [5, 5.41) is 3.34. The molecule has 3 heteroatoms. The van der Waals surface area contributed by atoms with Crippen LogP contribution in [0.2, 0.25) is 0 Å². The van der Waals surface area contributed by atoms with Crippen LogP contribution in [0.4, 0.5) is 5.69 Å². The highest BCUT2D eigenvalue weighted by Gasteiger charge is 2.07. The quantitative estimate of drug-likeness (QED) is 0.851. The highest BCUT2D eigenvalue weighted by atomic mass is 16.5. The molecule has 0 fully saturated rings. The highest BCUT2D eigenvalue weighted by molar-refractivity contribution is 5.90. The zero-order chi connectivity index (χ0) is 13.7. The van der Waals surface area contributed by atoms with E-state index < -0.39 is 0 Å². The third-order valence-electron chi connectivity index (χ3n) is 2.98. The van der Waals surface area contributed by atoms with Crippen molar-refractivity contribution in [2.75, 3.05) is 12.4 Å². The van der Waals surface area contributed by atoms with Crippen LogP contribution >= 0.6 is 0 Å². The molecule has 0 radical (unpaired) electrons. The summed E-state index contributed by atoms with van der Waals surface area (Å²) < 4.78 is 4.73. The van der Waals surface area contributed by atoms with Gasteiger partial charge in [-0.15, -0.1) is 0 Å². The van der Waals surface area contributed by atoms with Crippen LogP contribution in [0, 0.1) is 6.92 Å². The fraction of sp³-hybridized carbons (Fsp3) is 0.188. The Balaban J connectivity index is 2.13. The van der Waals surface area contributed by atoms with Crippen molar-refractivity contribution in [1.29, 1.82) is 0 Å². The second-order valence-electron chi connectivity index (χ2n) is 4.36. The summed E-state index contributed by atoms with van der Waals surface area (Å²) in [6, 6.07) is 15.6. The lowest BCUT2D eigenvalue weighted by atomic mass is 10.1. The van der Waals surface area contributed by atoms with E-state index in [9.17, 15) is 4.79 Å². The third kappa shape index (κ3) is 3.35. The Morgan fingerprint density at radius 1 is 1.16 bits per heavy atom. The van der Waals surface area contributed by atoms with Crippen molar-refractivity contribution in [1.82, 2.24) is 0 Å². The summed E-state index contributed by atoms with van der Waals surface area (Å²) in [4.78, 5) is 11.5. The molecule has 0 heterocycles. The van der Waals surface area contributed by atoms with Gasteiger partial charge in [0.2, 0.25) is 0 Å². The maximum absolute atomic E-state index is 11.5. The number of hydrogen-bond acceptors (Lipinski definition) is 3. The first-order valence-corrected chi connectivity index (χ1v) is 6.17. The van der Waals surface area contributed by atoms with Gasteiger partial charge in [-0.2, -0.15) is 0 Å². The number of anilines is 1. The SMILES string of the molecule is COC(=O)c1ccc(C)c(NCc2ccccc2)c1. The van der Waals surface area contributed by atoms with Gasteiger partial charge in [-0.1, -0.05) is 36.4 Å². The van der Waals surface area contributed by atoms with Gasteiger partial charge >= 0.3 is 5.97 Å². The molecule has 19 heavy (non-hydrogen) atoms. The van der Waals surface area contributed by atoms with Crippen LogP contribution in [-0.4, -0.2) is 13.1 Å². The lowest BCUT2D eigenvalue weighted by molar-refractivity contribution is 0.0601. The topological polar surface area (TPSA) is 38.3 Å². The number of ether oxygens (including phenoxy) is 1. The van der Waals surface area contributed by atoms with Crippen LogP contribution in [0.3, 0.4) is 0 Å². The Hall–Kier alpha value is -2.29. The molecular formula is C16H17NO2. The molecule has 3 nitrogen and oxygen atoms in total. The molecule has 98 valence electrons. The van der Waals surface area contributed by atoms with Gasteiger partial charge in [0.25, 0.3) is 0 Å². The van der Waals surface area contributed by atoms with Crippen molar-refractivity contribution in [3.05, 3.63) is 65.2 Å². The predicted molar refractivity (Wildman–Crippen MR) is 76.3 cm³/mol. The van der Waals surface area contributed by atoms with Crippen molar-refractivity contribution in [2.45, 2.75) is 13.5 Å². The predicted octanol–water partition coefficient (Wildman–Crippen LogP) is 3.39. The van der Waals surface area contributed by atoms with Crippen molar-refractivity contribution >= 4 is 11.7 Å². The molecule has 0 aliphatic heterocycles. The Morgan fingerprint density at radius 2 is 1.89 bits per heavy atom. The van der Waals surface area contributed by atoms with E-state index in [1.165, 1.54) is 12.7 Å². The fourth-order valence-corrected chi connectivity index (χ4v) is 1.85. The fourth-order valence-electron chi connectivity index (χ4n) is 1.85. The van der Waals surface area contributed by atoms with Crippen LogP contribution in [0.1, 0.15) is 21.5 Å². The highest BCUT2D eigenvalue weighted by Crippen LogP contribution is 2.18.